The molecule has 1 amide bonds. The van der Waals surface area contributed by atoms with Crippen LogP contribution in [0.5, 0.6) is 5.75 Å². The van der Waals surface area contributed by atoms with Crippen molar-refractivity contribution in [2.45, 2.75) is 38.6 Å². The van der Waals surface area contributed by atoms with Gasteiger partial charge < -0.3 is 20.5 Å². The van der Waals surface area contributed by atoms with Crippen LogP contribution in [0.25, 0.3) is 0 Å². The summed E-state index contributed by atoms with van der Waals surface area (Å²) in [5.41, 5.74) is 1.26. The molecule has 3 N–H and O–H groups in total. The number of anilines is 2. The lowest BCUT2D eigenvalue weighted by Crippen LogP contribution is -2.39. The fourth-order valence-electron chi connectivity index (χ4n) is 3.37. The van der Waals surface area contributed by atoms with Crippen LogP contribution in [0.2, 0.25) is 0 Å². The number of aliphatic carboxylic acids is 1. The Morgan fingerprint density at radius 1 is 1.14 bits per heavy atom. The number of hydrogen-bond donors (Lipinski definition) is 3. The smallest absolute Gasteiger partial charge is 0.306 e. The molecule has 1 saturated carbocycles. The Balaban J connectivity index is 1.64. The molecule has 3 rings (SSSR count). The summed E-state index contributed by atoms with van der Waals surface area (Å²) in [5, 5.41) is 15.3. The molecule has 0 unspecified atom stereocenters. The monoisotopic (exact) mass is 383 g/mol. The number of aromatic nitrogens is 1. The van der Waals surface area contributed by atoms with Crippen molar-refractivity contribution in [1.82, 2.24) is 10.3 Å². The van der Waals surface area contributed by atoms with E-state index in [-0.39, 0.29) is 17.9 Å². The highest BCUT2D eigenvalue weighted by atomic mass is 16.5. The maximum atomic E-state index is 12.8. The maximum absolute atomic E-state index is 12.8. The number of ether oxygens (including phenoxy) is 1. The Kier molecular flexibility index (Phi) is 6.47. The van der Waals surface area contributed by atoms with Crippen molar-refractivity contribution in [2.24, 2.45) is 5.92 Å². The molecule has 28 heavy (non-hydrogen) atoms. The van der Waals surface area contributed by atoms with E-state index in [9.17, 15) is 9.59 Å². The second-order valence-electron chi connectivity index (χ2n) is 6.84. The van der Waals surface area contributed by atoms with Crippen LogP contribution >= 0.6 is 0 Å². The molecule has 0 atom stereocenters. The van der Waals surface area contributed by atoms with E-state index < -0.39 is 5.97 Å². The van der Waals surface area contributed by atoms with E-state index in [2.05, 4.69) is 15.6 Å². The first-order valence-electron chi connectivity index (χ1n) is 9.55. The van der Waals surface area contributed by atoms with Gasteiger partial charge in [0.05, 0.1) is 18.1 Å². The minimum Gasteiger partial charge on any atom is -0.494 e. The van der Waals surface area contributed by atoms with E-state index in [1.807, 2.05) is 31.2 Å². The van der Waals surface area contributed by atoms with Gasteiger partial charge in [0.15, 0.2) is 0 Å². The molecule has 2 aromatic rings. The Labute approximate surface area is 164 Å². The summed E-state index contributed by atoms with van der Waals surface area (Å²) in [6, 6.07) is 10.9. The summed E-state index contributed by atoms with van der Waals surface area (Å²) in [6.45, 7) is 2.53. The average Bonchev–Trinajstić information content (AvgIpc) is 2.70. The molecule has 0 spiro atoms. The lowest BCUT2D eigenvalue weighted by molar-refractivity contribution is -0.142. The van der Waals surface area contributed by atoms with Gasteiger partial charge in [0.2, 0.25) is 0 Å². The van der Waals surface area contributed by atoms with E-state index in [1.165, 1.54) is 0 Å². The Morgan fingerprint density at radius 2 is 1.86 bits per heavy atom. The number of carboxylic acid groups (broad SMARTS) is 1. The number of amides is 1. The predicted molar refractivity (Wildman–Crippen MR) is 106 cm³/mol. The molecule has 0 saturated heterocycles. The number of carbonyl (C=O) groups is 2. The number of nitrogens with one attached hydrogen (secondary N) is 2. The van der Waals surface area contributed by atoms with Crippen molar-refractivity contribution >= 4 is 23.4 Å². The first-order chi connectivity index (χ1) is 13.6. The van der Waals surface area contributed by atoms with Gasteiger partial charge in [-0.15, -0.1) is 0 Å². The number of hydrogen-bond acceptors (Lipinski definition) is 5. The largest absolute Gasteiger partial charge is 0.494 e. The van der Waals surface area contributed by atoms with Gasteiger partial charge in [0.1, 0.15) is 11.6 Å². The number of benzene rings is 1. The van der Waals surface area contributed by atoms with Crippen molar-refractivity contribution in [3.8, 4) is 5.75 Å². The van der Waals surface area contributed by atoms with Crippen molar-refractivity contribution in [3.63, 3.8) is 0 Å². The fraction of sp³-hybridized carbons (Fsp3) is 0.381. The number of carbonyl (C=O) groups excluding carboxylic acids is 1. The van der Waals surface area contributed by atoms with Crippen molar-refractivity contribution < 1.29 is 19.4 Å². The quantitative estimate of drug-likeness (QED) is 0.675. The van der Waals surface area contributed by atoms with Crippen LogP contribution in [0.1, 0.15) is 43.0 Å². The van der Waals surface area contributed by atoms with E-state index >= 15 is 0 Å². The van der Waals surface area contributed by atoms with Crippen molar-refractivity contribution in [3.05, 3.63) is 48.2 Å². The number of pyridine rings is 1. The molecule has 1 aliphatic rings. The standard InChI is InChI=1S/C21H25N3O4/c1-2-28-17-11-9-15(10-12-17)23-19-18(4-3-13-22-19)20(25)24-16-7-5-14(6-8-16)21(26)27/h3-4,9-14,16H,2,5-8H2,1H3,(H,22,23)(H,24,25)(H,26,27). The molecule has 1 fully saturated rings. The van der Waals surface area contributed by atoms with E-state index in [0.717, 1.165) is 11.4 Å². The summed E-state index contributed by atoms with van der Waals surface area (Å²) in [4.78, 5) is 28.1. The Hall–Kier alpha value is -3.09. The molecule has 7 nitrogen and oxygen atoms in total. The summed E-state index contributed by atoms with van der Waals surface area (Å²) < 4.78 is 5.44. The molecule has 1 aromatic carbocycles. The highest BCUT2D eigenvalue weighted by molar-refractivity contribution is 5.99. The van der Waals surface area contributed by atoms with Gasteiger partial charge in [-0.3, -0.25) is 9.59 Å². The van der Waals surface area contributed by atoms with Crippen molar-refractivity contribution in [2.75, 3.05) is 11.9 Å². The minimum atomic E-state index is -0.751. The number of nitrogens with zero attached hydrogens (tertiary/aromatic N) is 1. The molecule has 7 heteroatoms. The van der Waals surface area contributed by atoms with Crippen LogP contribution in [-0.4, -0.2) is 34.6 Å². The molecular formula is C21H25N3O4. The second-order valence-corrected chi connectivity index (χ2v) is 6.84. The average molecular weight is 383 g/mol. The van der Waals surface area contributed by atoms with Gasteiger partial charge in [-0.05, 0) is 69.0 Å². The first-order valence-corrected chi connectivity index (χ1v) is 9.55. The topological polar surface area (TPSA) is 101 Å². The summed E-state index contributed by atoms with van der Waals surface area (Å²) in [5.74, 6) is -0.00463. The van der Waals surface area contributed by atoms with Crippen LogP contribution in [-0.2, 0) is 4.79 Å². The summed E-state index contributed by atoms with van der Waals surface area (Å²) in [7, 11) is 0. The highest BCUT2D eigenvalue weighted by Gasteiger charge is 2.27. The molecule has 0 radical (unpaired) electrons. The molecule has 148 valence electrons. The van der Waals surface area contributed by atoms with Gasteiger partial charge >= 0.3 is 5.97 Å². The Morgan fingerprint density at radius 3 is 2.50 bits per heavy atom. The van der Waals surface area contributed by atoms with Gasteiger partial charge in [-0.25, -0.2) is 4.98 Å². The number of carboxylic acids is 1. The van der Waals surface area contributed by atoms with Crippen LogP contribution in [0.4, 0.5) is 11.5 Å². The molecule has 1 aliphatic carbocycles. The van der Waals surface area contributed by atoms with E-state index in [1.54, 1.807) is 18.3 Å². The maximum Gasteiger partial charge on any atom is 0.306 e. The van der Waals surface area contributed by atoms with E-state index in [4.69, 9.17) is 9.84 Å². The zero-order chi connectivity index (χ0) is 19.9. The van der Waals surface area contributed by atoms with Crippen molar-refractivity contribution in [1.29, 1.82) is 0 Å². The van der Waals surface area contributed by atoms with Gasteiger partial charge in [-0.2, -0.15) is 0 Å². The Bertz CT molecular complexity index is 815. The van der Waals surface area contributed by atoms with Crippen LogP contribution in [0.15, 0.2) is 42.6 Å². The lowest BCUT2D eigenvalue weighted by atomic mass is 9.86. The lowest BCUT2D eigenvalue weighted by Gasteiger charge is -2.27. The van der Waals surface area contributed by atoms with Crippen LogP contribution < -0.4 is 15.4 Å². The predicted octanol–water partition coefficient (Wildman–Crippen LogP) is 3.60. The summed E-state index contributed by atoms with van der Waals surface area (Å²) >= 11 is 0. The minimum absolute atomic E-state index is 0.0124. The fourth-order valence-corrected chi connectivity index (χ4v) is 3.37. The molecule has 1 aromatic heterocycles. The highest BCUT2D eigenvalue weighted by Crippen LogP contribution is 2.26. The number of rotatable bonds is 7. The second kappa shape index (κ2) is 9.21. The van der Waals surface area contributed by atoms with Gasteiger partial charge in [-0.1, -0.05) is 0 Å². The molecule has 0 bridgehead atoms. The molecule has 1 heterocycles. The normalized spacial score (nSPS) is 18.9. The third-order valence-corrected chi connectivity index (χ3v) is 4.89. The third-order valence-electron chi connectivity index (χ3n) is 4.89. The van der Waals surface area contributed by atoms with Gasteiger partial charge in [0.25, 0.3) is 5.91 Å². The van der Waals surface area contributed by atoms with Crippen LogP contribution in [0, 0.1) is 5.92 Å². The third kappa shape index (κ3) is 5.00. The van der Waals surface area contributed by atoms with Crippen LogP contribution in [0.3, 0.4) is 0 Å². The molecule has 0 aliphatic heterocycles. The zero-order valence-corrected chi connectivity index (χ0v) is 15.9. The molecular weight excluding hydrogens is 358 g/mol. The van der Waals surface area contributed by atoms with Gasteiger partial charge in [0, 0.05) is 17.9 Å². The first kappa shape index (κ1) is 19.7. The van der Waals surface area contributed by atoms with E-state index in [0.29, 0.717) is 43.7 Å². The zero-order valence-electron chi connectivity index (χ0n) is 15.9. The SMILES string of the molecule is CCOc1ccc(Nc2ncccc2C(=O)NC2CCC(C(=O)O)CC2)cc1. The summed E-state index contributed by atoms with van der Waals surface area (Å²) in [6.07, 6.45) is 4.15.